The van der Waals surface area contributed by atoms with Crippen LogP contribution in [0.3, 0.4) is 0 Å². The van der Waals surface area contributed by atoms with Gasteiger partial charge in [-0.25, -0.2) is 0 Å². The van der Waals surface area contributed by atoms with E-state index in [1.165, 1.54) is 0 Å². The van der Waals surface area contributed by atoms with Crippen molar-refractivity contribution in [2.24, 2.45) is 0 Å². The van der Waals surface area contributed by atoms with E-state index in [2.05, 4.69) is 10.2 Å². The number of nitrogens with zero attached hydrogens (tertiary/aromatic N) is 3. The monoisotopic (exact) mass is 362 g/mol. The van der Waals surface area contributed by atoms with Crippen molar-refractivity contribution in [1.82, 2.24) is 20.0 Å². The molecule has 146 valence electrons. The fourth-order valence-electron chi connectivity index (χ4n) is 2.26. The van der Waals surface area contributed by atoms with Gasteiger partial charge in [0.1, 0.15) is 0 Å². The Morgan fingerprint density at radius 2 is 1.20 bits per heavy atom. The summed E-state index contributed by atoms with van der Waals surface area (Å²) in [6.07, 6.45) is 0. The molecule has 0 aromatic rings. The summed E-state index contributed by atoms with van der Waals surface area (Å²) in [6, 6.07) is 0. The van der Waals surface area contributed by atoms with E-state index < -0.39 is 17.9 Å². The third kappa shape index (κ3) is 15.5. The molecule has 0 bridgehead atoms. The smallest absolute Gasteiger partial charge is 0.317 e. The van der Waals surface area contributed by atoms with E-state index in [1.54, 1.807) is 0 Å². The van der Waals surface area contributed by atoms with Gasteiger partial charge >= 0.3 is 11.9 Å². The molecular formula is C15H30N4O6. The highest BCUT2D eigenvalue weighted by atomic mass is 16.4. The van der Waals surface area contributed by atoms with Crippen molar-refractivity contribution in [2.45, 2.75) is 6.92 Å². The van der Waals surface area contributed by atoms with E-state index in [9.17, 15) is 9.59 Å². The lowest BCUT2D eigenvalue weighted by atomic mass is 10.3. The number of carboxylic acids is 3. The molecular weight excluding hydrogens is 332 g/mol. The van der Waals surface area contributed by atoms with E-state index in [0.29, 0.717) is 26.2 Å². The third-order valence-electron chi connectivity index (χ3n) is 3.52. The third-order valence-corrected chi connectivity index (χ3v) is 3.52. The van der Waals surface area contributed by atoms with Crippen LogP contribution in [0.1, 0.15) is 6.92 Å². The number of likely N-dealkylation sites (N-methyl/N-ethyl adjacent to an activating group) is 1. The van der Waals surface area contributed by atoms with E-state index in [-0.39, 0.29) is 13.1 Å². The van der Waals surface area contributed by atoms with Gasteiger partial charge in [-0.1, -0.05) is 0 Å². The minimum absolute atomic E-state index is 0.00694. The maximum atomic E-state index is 10.9. The first-order valence-corrected chi connectivity index (χ1v) is 8.17. The summed E-state index contributed by atoms with van der Waals surface area (Å²) >= 11 is 0. The van der Waals surface area contributed by atoms with E-state index in [0.717, 1.165) is 33.1 Å². The lowest BCUT2D eigenvalue weighted by Crippen LogP contribution is -2.46. The number of hydrogen-bond donors (Lipinski definition) is 4. The van der Waals surface area contributed by atoms with Gasteiger partial charge < -0.3 is 25.5 Å². The van der Waals surface area contributed by atoms with E-state index >= 15 is 0 Å². The van der Waals surface area contributed by atoms with Crippen LogP contribution in [0.15, 0.2) is 0 Å². The molecule has 0 spiro atoms. The number of carboxylic acid groups (broad SMARTS) is 3. The van der Waals surface area contributed by atoms with Crippen molar-refractivity contribution >= 4 is 17.9 Å². The molecule has 1 rings (SSSR count). The van der Waals surface area contributed by atoms with E-state index in [1.807, 2.05) is 16.8 Å². The highest BCUT2D eigenvalue weighted by molar-refractivity contribution is 5.69. The molecule has 4 N–H and O–H groups in total. The molecule has 1 saturated heterocycles. The molecule has 25 heavy (non-hydrogen) atoms. The Kier molecular flexibility index (Phi) is 12.6. The zero-order valence-electron chi connectivity index (χ0n) is 15.0. The summed E-state index contributed by atoms with van der Waals surface area (Å²) in [4.78, 5) is 36.7. The van der Waals surface area contributed by atoms with Gasteiger partial charge in [0.15, 0.2) is 0 Å². The molecule has 1 aliphatic rings. The Labute approximate surface area is 148 Å². The number of rotatable bonds is 4. The van der Waals surface area contributed by atoms with Crippen molar-refractivity contribution in [1.29, 1.82) is 0 Å². The second kappa shape index (κ2) is 13.5. The Hall–Kier alpha value is -1.75. The topological polar surface area (TPSA) is 134 Å². The Morgan fingerprint density at radius 3 is 1.68 bits per heavy atom. The first-order chi connectivity index (χ1) is 11.7. The standard InChI is InChI=1S/C13H26N4O4.C2H4O2/c1-15-4-2-14-3-5-16(10-12(18)19)8-9-17(7-6-15)11-13(20)21;1-2(3)4/h14H,2-11H2,1H3,(H,18,19)(H,20,21);1H3,(H,3,4). The Balaban J connectivity index is 0.00000129. The fraction of sp³-hybridized carbons (Fsp3) is 0.800. The van der Waals surface area contributed by atoms with Crippen LogP contribution in [0.2, 0.25) is 0 Å². The fourth-order valence-corrected chi connectivity index (χ4v) is 2.26. The van der Waals surface area contributed by atoms with E-state index in [4.69, 9.17) is 20.1 Å². The zero-order chi connectivity index (χ0) is 19.2. The molecule has 0 aliphatic carbocycles. The lowest BCUT2D eigenvalue weighted by molar-refractivity contribution is -0.140. The van der Waals surface area contributed by atoms with Gasteiger partial charge in [0.2, 0.25) is 0 Å². The van der Waals surface area contributed by atoms with Crippen molar-refractivity contribution in [3.63, 3.8) is 0 Å². The molecule has 1 aliphatic heterocycles. The van der Waals surface area contributed by atoms with Crippen molar-refractivity contribution < 1.29 is 29.7 Å². The number of aliphatic carboxylic acids is 3. The largest absolute Gasteiger partial charge is 0.481 e. The SMILES string of the molecule is CC(=O)O.CN1CCNCCN(CC(=O)O)CCN(CC(=O)O)CC1. The Morgan fingerprint density at radius 1 is 0.800 bits per heavy atom. The van der Waals surface area contributed by atoms with Crippen LogP contribution in [-0.4, -0.2) is 120 Å². The molecule has 0 amide bonds. The predicted molar refractivity (Wildman–Crippen MR) is 91.8 cm³/mol. The molecule has 10 nitrogen and oxygen atoms in total. The highest BCUT2D eigenvalue weighted by Crippen LogP contribution is 1.96. The van der Waals surface area contributed by atoms with Crippen LogP contribution in [0.5, 0.6) is 0 Å². The molecule has 0 radical (unpaired) electrons. The summed E-state index contributed by atoms with van der Waals surface area (Å²) in [6.45, 7) is 6.78. The quantitative estimate of drug-likeness (QED) is 0.462. The summed E-state index contributed by atoms with van der Waals surface area (Å²) in [5.41, 5.74) is 0. The second-order valence-corrected chi connectivity index (χ2v) is 5.91. The van der Waals surface area contributed by atoms with Gasteiger partial charge in [0.05, 0.1) is 13.1 Å². The number of carbonyl (C=O) groups is 3. The molecule has 10 heteroatoms. The molecule has 0 atom stereocenters. The Bertz CT molecular complexity index is 417. The van der Waals surface area contributed by atoms with Gasteiger partial charge in [-0.3, -0.25) is 24.2 Å². The summed E-state index contributed by atoms with van der Waals surface area (Å²) < 4.78 is 0. The molecule has 1 heterocycles. The first kappa shape index (κ1) is 23.2. The highest BCUT2D eigenvalue weighted by Gasteiger charge is 2.15. The van der Waals surface area contributed by atoms with Crippen LogP contribution in [0, 0.1) is 0 Å². The second-order valence-electron chi connectivity index (χ2n) is 5.91. The van der Waals surface area contributed by atoms with Crippen LogP contribution in [0.4, 0.5) is 0 Å². The summed E-state index contributed by atoms with van der Waals surface area (Å²) in [5.74, 6) is -2.54. The van der Waals surface area contributed by atoms with Gasteiger partial charge in [0.25, 0.3) is 5.97 Å². The van der Waals surface area contributed by atoms with Crippen LogP contribution in [-0.2, 0) is 14.4 Å². The molecule has 0 unspecified atom stereocenters. The van der Waals surface area contributed by atoms with Gasteiger partial charge in [-0.05, 0) is 7.05 Å². The van der Waals surface area contributed by atoms with Crippen LogP contribution >= 0.6 is 0 Å². The molecule has 0 aromatic carbocycles. The van der Waals surface area contributed by atoms with Crippen LogP contribution < -0.4 is 5.32 Å². The maximum Gasteiger partial charge on any atom is 0.317 e. The van der Waals surface area contributed by atoms with Crippen LogP contribution in [0.25, 0.3) is 0 Å². The lowest BCUT2D eigenvalue weighted by Gasteiger charge is -2.28. The van der Waals surface area contributed by atoms with Crippen molar-refractivity contribution in [2.75, 3.05) is 72.5 Å². The summed E-state index contributed by atoms with van der Waals surface area (Å²) in [5, 5.41) is 28.6. The first-order valence-electron chi connectivity index (χ1n) is 8.17. The maximum absolute atomic E-state index is 10.9. The average molecular weight is 362 g/mol. The van der Waals surface area contributed by atoms with Gasteiger partial charge in [-0.2, -0.15) is 0 Å². The zero-order valence-corrected chi connectivity index (χ0v) is 15.0. The molecule has 1 fully saturated rings. The van der Waals surface area contributed by atoms with Crippen molar-refractivity contribution in [3.05, 3.63) is 0 Å². The minimum Gasteiger partial charge on any atom is -0.481 e. The molecule has 0 aromatic heterocycles. The van der Waals surface area contributed by atoms with Gasteiger partial charge in [-0.15, -0.1) is 0 Å². The molecule has 0 saturated carbocycles. The predicted octanol–water partition coefficient (Wildman–Crippen LogP) is -1.61. The average Bonchev–Trinajstić information content (AvgIpc) is 2.46. The summed E-state index contributed by atoms with van der Waals surface area (Å²) in [7, 11) is 2.02. The number of nitrogens with one attached hydrogen (secondary N) is 1. The van der Waals surface area contributed by atoms with Crippen molar-refractivity contribution in [3.8, 4) is 0 Å². The minimum atomic E-state index is -0.855. The number of hydrogen-bond acceptors (Lipinski definition) is 7. The normalized spacial score (nSPS) is 19.0. The van der Waals surface area contributed by atoms with Gasteiger partial charge in [0, 0.05) is 59.3 Å².